The normalized spacial score (nSPS) is 9.77. The molecule has 9 heteroatoms. The molecular weight excluding hydrogens is 374 g/mol. The van der Waals surface area contributed by atoms with Gasteiger partial charge >= 0.3 is 0 Å². The predicted molar refractivity (Wildman–Crippen MR) is 88.5 cm³/mol. The second-order valence-electron chi connectivity index (χ2n) is 3.94. The van der Waals surface area contributed by atoms with E-state index >= 15 is 0 Å². The van der Waals surface area contributed by atoms with Crippen molar-refractivity contribution in [2.24, 2.45) is 0 Å². The van der Waals surface area contributed by atoms with Gasteiger partial charge in [0.2, 0.25) is 0 Å². The molecule has 1 aromatic rings. The summed E-state index contributed by atoms with van der Waals surface area (Å²) in [5, 5.41) is 2.39. The molecule has 0 unspecified atom stereocenters. The van der Waals surface area contributed by atoms with Gasteiger partial charge in [-0.1, -0.05) is 15.9 Å². The van der Waals surface area contributed by atoms with Gasteiger partial charge in [0, 0.05) is 11.1 Å². The Morgan fingerprint density at radius 2 is 2.05 bits per heavy atom. The number of carbonyl (C=O) groups is 2. The van der Waals surface area contributed by atoms with Gasteiger partial charge < -0.3 is 9.47 Å². The first kappa shape index (κ1) is 18.3. The van der Waals surface area contributed by atoms with E-state index in [1.807, 2.05) is 0 Å². The number of hydrogen-bond acceptors (Lipinski definition) is 5. The van der Waals surface area contributed by atoms with Crippen LogP contribution in [0.25, 0.3) is 0 Å². The molecule has 1 rings (SSSR count). The van der Waals surface area contributed by atoms with Gasteiger partial charge in [0.25, 0.3) is 11.8 Å². The fourth-order valence-corrected chi connectivity index (χ4v) is 1.92. The van der Waals surface area contributed by atoms with Crippen molar-refractivity contribution in [2.45, 2.75) is 6.92 Å². The molecule has 1 aromatic carbocycles. The highest BCUT2D eigenvalue weighted by Gasteiger charge is 2.14. The highest BCUT2D eigenvalue weighted by molar-refractivity contribution is 9.10. The summed E-state index contributed by atoms with van der Waals surface area (Å²) >= 11 is 8.20. The summed E-state index contributed by atoms with van der Waals surface area (Å²) in [4.78, 5) is 23.4. The largest absolute Gasteiger partial charge is 0.496 e. The number of halogens is 1. The van der Waals surface area contributed by atoms with Crippen LogP contribution in [0.2, 0.25) is 0 Å². The fourth-order valence-electron chi connectivity index (χ4n) is 1.42. The SMILES string of the molecule is CCOCC(=O)NNC(=S)NC(=O)c1cc(Br)ccc1OC. The summed E-state index contributed by atoms with van der Waals surface area (Å²) in [7, 11) is 1.46. The first-order valence-electron chi connectivity index (χ1n) is 6.29. The summed E-state index contributed by atoms with van der Waals surface area (Å²) in [6.07, 6.45) is 0. The van der Waals surface area contributed by atoms with Crippen molar-refractivity contribution in [1.82, 2.24) is 16.2 Å². The zero-order chi connectivity index (χ0) is 16.5. The summed E-state index contributed by atoms with van der Waals surface area (Å²) in [5.74, 6) is -0.461. The van der Waals surface area contributed by atoms with Crippen molar-refractivity contribution in [3.8, 4) is 5.75 Å². The van der Waals surface area contributed by atoms with Crippen molar-refractivity contribution in [2.75, 3.05) is 20.3 Å². The highest BCUT2D eigenvalue weighted by atomic mass is 79.9. The van der Waals surface area contributed by atoms with E-state index in [1.54, 1.807) is 25.1 Å². The summed E-state index contributed by atoms with van der Waals surface area (Å²) < 4.78 is 10.8. The molecule has 0 aliphatic carbocycles. The van der Waals surface area contributed by atoms with Crippen LogP contribution in [-0.2, 0) is 9.53 Å². The Morgan fingerprint density at radius 1 is 1.32 bits per heavy atom. The Bertz CT molecular complexity index is 568. The molecule has 120 valence electrons. The van der Waals surface area contributed by atoms with Crippen molar-refractivity contribution in [3.05, 3.63) is 28.2 Å². The second-order valence-corrected chi connectivity index (χ2v) is 5.26. The van der Waals surface area contributed by atoms with Crippen LogP contribution in [0.15, 0.2) is 22.7 Å². The van der Waals surface area contributed by atoms with Gasteiger partial charge in [-0.05, 0) is 37.3 Å². The van der Waals surface area contributed by atoms with Crippen LogP contribution in [0.4, 0.5) is 0 Å². The Balaban J connectivity index is 2.56. The Kier molecular flexibility index (Phi) is 7.78. The maximum atomic E-state index is 12.1. The quantitative estimate of drug-likeness (QED) is 0.516. The molecule has 0 radical (unpaired) electrons. The standard InChI is InChI=1S/C13H16BrN3O4S/c1-3-21-7-11(18)16-17-13(22)15-12(19)9-6-8(14)4-5-10(9)20-2/h4-6H,3,7H2,1-2H3,(H,16,18)(H2,15,17,19,22). The minimum Gasteiger partial charge on any atom is -0.496 e. The number of ether oxygens (including phenoxy) is 2. The molecule has 2 amide bonds. The number of thiocarbonyl (C=S) groups is 1. The van der Waals surface area contributed by atoms with Crippen molar-refractivity contribution >= 4 is 45.1 Å². The number of nitrogens with one attached hydrogen (secondary N) is 3. The summed E-state index contributed by atoms with van der Waals surface area (Å²) in [6.45, 7) is 2.10. The predicted octanol–water partition coefficient (Wildman–Crippen LogP) is 1.13. The number of benzene rings is 1. The number of carbonyl (C=O) groups excluding carboxylic acids is 2. The Hall–Kier alpha value is -1.71. The molecule has 0 spiro atoms. The van der Waals surface area contributed by atoms with Crippen LogP contribution in [0.1, 0.15) is 17.3 Å². The molecule has 3 N–H and O–H groups in total. The molecular formula is C13H16BrN3O4S. The maximum Gasteiger partial charge on any atom is 0.264 e. The maximum absolute atomic E-state index is 12.1. The van der Waals surface area contributed by atoms with Gasteiger partial charge in [-0.2, -0.15) is 0 Å². The van der Waals surface area contributed by atoms with Crippen LogP contribution in [0.5, 0.6) is 5.75 Å². The lowest BCUT2D eigenvalue weighted by molar-refractivity contribution is -0.126. The minimum atomic E-state index is -0.463. The van der Waals surface area contributed by atoms with E-state index < -0.39 is 11.8 Å². The molecule has 0 atom stereocenters. The van der Waals surface area contributed by atoms with Crippen LogP contribution in [-0.4, -0.2) is 37.3 Å². The number of hydrazine groups is 1. The van der Waals surface area contributed by atoms with E-state index in [-0.39, 0.29) is 11.7 Å². The molecule has 0 aliphatic rings. The second kappa shape index (κ2) is 9.34. The van der Waals surface area contributed by atoms with Gasteiger partial charge in [-0.3, -0.25) is 25.8 Å². The van der Waals surface area contributed by atoms with E-state index in [0.29, 0.717) is 17.9 Å². The zero-order valence-electron chi connectivity index (χ0n) is 12.1. The lowest BCUT2D eigenvalue weighted by Gasteiger charge is -2.12. The molecule has 0 aromatic heterocycles. The van der Waals surface area contributed by atoms with Crippen LogP contribution in [0, 0.1) is 0 Å². The average Bonchev–Trinajstić information content (AvgIpc) is 2.50. The lowest BCUT2D eigenvalue weighted by atomic mass is 10.2. The fraction of sp³-hybridized carbons (Fsp3) is 0.308. The smallest absolute Gasteiger partial charge is 0.264 e. The topological polar surface area (TPSA) is 88.7 Å². The van der Waals surface area contributed by atoms with E-state index in [9.17, 15) is 9.59 Å². The van der Waals surface area contributed by atoms with E-state index in [1.165, 1.54) is 7.11 Å². The molecule has 7 nitrogen and oxygen atoms in total. The average molecular weight is 390 g/mol. The number of hydrogen-bond donors (Lipinski definition) is 3. The Morgan fingerprint density at radius 3 is 2.68 bits per heavy atom. The lowest BCUT2D eigenvalue weighted by Crippen LogP contribution is -2.49. The van der Waals surface area contributed by atoms with E-state index in [0.717, 1.165) is 4.47 Å². The van der Waals surface area contributed by atoms with Crippen LogP contribution >= 0.6 is 28.1 Å². The molecule has 0 saturated heterocycles. The van der Waals surface area contributed by atoms with Gasteiger partial charge in [0.15, 0.2) is 5.11 Å². The minimum absolute atomic E-state index is 0.0446. The van der Waals surface area contributed by atoms with Crippen molar-refractivity contribution in [1.29, 1.82) is 0 Å². The number of methoxy groups -OCH3 is 1. The van der Waals surface area contributed by atoms with Crippen LogP contribution in [0.3, 0.4) is 0 Å². The molecule has 0 aliphatic heterocycles. The Labute approximate surface area is 141 Å². The molecule has 0 fully saturated rings. The summed E-state index contributed by atoms with van der Waals surface area (Å²) in [6, 6.07) is 5.00. The molecule has 0 bridgehead atoms. The third-order valence-electron chi connectivity index (χ3n) is 2.39. The monoisotopic (exact) mass is 389 g/mol. The molecule has 0 heterocycles. The van der Waals surface area contributed by atoms with Crippen molar-refractivity contribution in [3.63, 3.8) is 0 Å². The number of rotatable bonds is 5. The van der Waals surface area contributed by atoms with Crippen molar-refractivity contribution < 1.29 is 19.1 Å². The third-order valence-corrected chi connectivity index (χ3v) is 3.08. The third kappa shape index (κ3) is 5.96. The summed E-state index contributed by atoms with van der Waals surface area (Å²) in [5.41, 5.74) is 5.02. The van der Waals surface area contributed by atoms with Gasteiger partial charge in [-0.25, -0.2) is 0 Å². The first-order chi connectivity index (χ1) is 10.5. The van der Waals surface area contributed by atoms with E-state index in [2.05, 4.69) is 32.1 Å². The van der Waals surface area contributed by atoms with Gasteiger partial charge in [-0.15, -0.1) is 0 Å². The van der Waals surface area contributed by atoms with Gasteiger partial charge in [0.1, 0.15) is 12.4 Å². The van der Waals surface area contributed by atoms with Gasteiger partial charge in [0.05, 0.1) is 12.7 Å². The number of amides is 2. The highest BCUT2D eigenvalue weighted by Crippen LogP contribution is 2.22. The zero-order valence-corrected chi connectivity index (χ0v) is 14.5. The molecule has 22 heavy (non-hydrogen) atoms. The molecule has 0 saturated carbocycles. The van der Waals surface area contributed by atoms with Crippen LogP contribution < -0.4 is 20.9 Å². The van der Waals surface area contributed by atoms with E-state index in [4.69, 9.17) is 21.7 Å². The first-order valence-corrected chi connectivity index (χ1v) is 7.49.